The maximum atomic E-state index is 12.6. The third kappa shape index (κ3) is 3.59. The molecule has 8 heteroatoms. The molecular weight excluding hydrogens is 323 g/mol. The molecule has 5 nitrogen and oxygen atoms in total. The zero-order valence-corrected chi connectivity index (χ0v) is 12.9. The number of aromatic amines is 1. The Morgan fingerprint density at radius 3 is 2.50 bits per heavy atom. The summed E-state index contributed by atoms with van der Waals surface area (Å²) < 4.78 is 37.8. The monoisotopic (exact) mass is 339 g/mol. The molecule has 0 bridgehead atoms. The van der Waals surface area contributed by atoms with Gasteiger partial charge in [-0.2, -0.15) is 18.3 Å². The average molecular weight is 339 g/mol. The fourth-order valence-corrected chi connectivity index (χ4v) is 2.33. The number of carbonyl (C=O) groups excluding carboxylic acids is 1. The molecule has 2 aromatic rings. The van der Waals surface area contributed by atoms with Crippen molar-refractivity contribution in [2.24, 2.45) is 5.92 Å². The molecule has 0 radical (unpaired) electrons. The maximum absolute atomic E-state index is 12.6. The highest BCUT2D eigenvalue weighted by molar-refractivity contribution is 5.80. The molecule has 1 fully saturated rings. The van der Waals surface area contributed by atoms with Gasteiger partial charge >= 0.3 is 6.18 Å². The van der Waals surface area contributed by atoms with Gasteiger partial charge in [0.2, 0.25) is 5.91 Å². The highest BCUT2D eigenvalue weighted by Gasteiger charge is 2.34. The number of carbonyl (C=O) groups is 1. The van der Waals surface area contributed by atoms with Gasteiger partial charge < -0.3 is 0 Å². The lowest BCUT2D eigenvalue weighted by atomic mass is 10.1. The summed E-state index contributed by atoms with van der Waals surface area (Å²) in [7, 11) is 1.44. The molecule has 24 heavy (non-hydrogen) atoms. The third-order valence-electron chi connectivity index (χ3n) is 3.85. The summed E-state index contributed by atoms with van der Waals surface area (Å²) in [4.78, 5) is 17.1. The van der Waals surface area contributed by atoms with E-state index in [1.165, 1.54) is 12.2 Å². The van der Waals surface area contributed by atoms with Gasteiger partial charge in [-0.3, -0.25) is 14.7 Å². The lowest BCUT2D eigenvalue weighted by Crippen LogP contribution is -2.30. The Hall–Kier alpha value is -2.35. The van der Waals surface area contributed by atoms with Gasteiger partial charge in [0, 0.05) is 11.5 Å². The first-order chi connectivity index (χ1) is 11.4. The third-order valence-corrected chi connectivity index (χ3v) is 3.85. The highest BCUT2D eigenvalue weighted by Crippen LogP contribution is 2.32. The predicted octanol–water partition coefficient (Wildman–Crippen LogP) is 3.40. The molecule has 0 saturated heterocycles. The van der Waals surface area contributed by atoms with Crippen LogP contribution >= 0.6 is 0 Å². The second-order valence-corrected chi connectivity index (χ2v) is 5.69. The summed E-state index contributed by atoms with van der Waals surface area (Å²) in [6.45, 7) is 0.292. The summed E-state index contributed by atoms with van der Waals surface area (Å²) in [5.74, 6) is 0.0118. The van der Waals surface area contributed by atoms with Gasteiger partial charge in [-0.25, -0.2) is 5.06 Å². The summed E-state index contributed by atoms with van der Waals surface area (Å²) in [6, 6.07) is 7.78. The fraction of sp³-hybridized carbons (Fsp3) is 0.375. The van der Waals surface area contributed by atoms with Gasteiger partial charge in [0.25, 0.3) is 0 Å². The molecule has 128 valence electrons. The largest absolute Gasteiger partial charge is 0.432 e. The molecule has 1 aromatic heterocycles. The fourth-order valence-electron chi connectivity index (χ4n) is 2.33. The van der Waals surface area contributed by atoms with Crippen molar-refractivity contribution in [3.8, 4) is 11.3 Å². The zero-order valence-electron chi connectivity index (χ0n) is 12.9. The van der Waals surface area contributed by atoms with Gasteiger partial charge in [-0.1, -0.05) is 24.3 Å². The molecule has 1 N–H and O–H groups in total. The summed E-state index contributed by atoms with van der Waals surface area (Å²) >= 11 is 0. The van der Waals surface area contributed by atoms with Crippen LogP contribution in [0, 0.1) is 5.92 Å². The number of amides is 1. The minimum atomic E-state index is -4.45. The number of nitrogens with one attached hydrogen (secondary N) is 1. The molecular formula is C16H16F3N3O2. The van der Waals surface area contributed by atoms with Crippen molar-refractivity contribution in [1.82, 2.24) is 15.3 Å². The van der Waals surface area contributed by atoms with Crippen molar-refractivity contribution in [2.75, 3.05) is 7.11 Å². The van der Waals surface area contributed by atoms with Crippen molar-refractivity contribution >= 4 is 5.91 Å². The number of hydrogen-bond donors (Lipinski definition) is 1. The van der Waals surface area contributed by atoms with Gasteiger partial charge in [-0.05, 0) is 24.5 Å². The number of aromatic nitrogens is 2. The molecule has 1 aliphatic rings. The van der Waals surface area contributed by atoms with E-state index in [1.54, 1.807) is 24.3 Å². The Balaban J connectivity index is 1.71. The number of hydrogen-bond acceptors (Lipinski definition) is 3. The second kappa shape index (κ2) is 6.27. The van der Waals surface area contributed by atoms with Crippen molar-refractivity contribution < 1.29 is 22.8 Å². The predicted molar refractivity (Wildman–Crippen MR) is 79.3 cm³/mol. The van der Waals surface area contributed by atoms with Crippen molar-refractivity contribution in [2.45, 2.75) is 25.6 Å². The van der Waals surface area contributed by atoms with E-state index in [9.17, 15) is 18.0 Å². The smallest absolute Gasteiger partial charge is 0.274 e. The summed E-state index contributed by atoms with van der Waals surface area (Å²) in [6.07, 6.45) is -2.68. The molecule has 0 spiro atoms. The lowest BCUT2D eigenvalue weighted by Gasteiger charge is -2.19. The molecule has 0 atom stereocenters. The van der Waals surface area contributed by atoms with Gasteiger partial charge in [0.1, 0.15) is 5.69 Å². The van der Waals surface area contributed by atoms with Crippen LogP contribution in [0.3, 0.4) is 0 Å². The first-order valence-electron chi connectivity index (χ1n) is 7.46. The van der Waals surface area contributed by atoms with Crippen molar-refractivity contribution in [1.29, 1.82) is 0 Å². The highest BCUT2D eigenvalue weighted by atomic mass is 19.4. The quantitative estimate of drug-likeness (QED) is 0.850. The van der Waals surface area contributed by atoms with Crippen LogP contribution in [0.1, 0.15) is 24.1 Å². The average Bonchev–Trinajstić information content (AvgIpc) is 3.27. The van der Waals surface area contributed by atoms with Crippen LogP contribution in [0.25, 0.3) is 11.3 Å². The molecule has 0 unspecified atom stereocenters. The Morgan fingerprint density at radius 1 is 1.33 bits per heavy atom. The molecule has 1 heterocycles. The van der Waals surface area contributed by atoms with Crippen LogP contribution in [0.2, 0.25) is 0 Å². The number of H-pyrrole nitrogens is 1. The van der Waals surface area contributed by atoms with Crippen LogP contribution in [0.4, 0.5) is 13.2 Å². The molecule has 0 aliphatic heterocycles. The molecule has 1 aliphatic carbocycles. The van der Waals surface area contributed by atoms with Gasteiger partial charge in [0.05, 0.1) is 19.3 Å². The summed E-state index contributed by atoms with van der Waals surface area (Å²) in [5, 5.41) is 6.98. The standard InChI is InChI=1S/C16H16F3N3O2/c1-24-22(15(23)12-6-7-12)9-10-2-4-11(5-3-10)13-8-14(21-20-13)16(17,18)19/h2-5,8,12H,6-7,9H2,1H3,(H,20,21). The van der Waals surface area contributed by atoms with E-state index in [0.29, 0.717) is 12.1 Å². The normalized spacial score (nSPS) is 14.7. The minimum absolute atomic E-state index is 0.0382. The Kier molecular flexibility index (Phi) is 4.31. The Labute approximate surface area is 136 Å². The van der Waals surface area contributed by atoms with Crippen molar-refractivity contribution in [3.05, 3.63) is 41.6 Å². The van der Waals surface area contributed by atoms with Gasteiger partial charge in [0.15, 0.2) is 0 Å². The first-order valence-corrected chi connectivity index (χ1v) is 7.46. The van der Waals surface area contributed by atoms with Crippen LogP contribution in [0.15, 0.2) is 30.3 Å². The lowest BCUT2D eigenvalue weighted by molar-refractivity contribution is -0.180. The number of alkyl halides is 3. The van der Waals surface area contributed by atoms with E-state index in [2.05, 4.69) is 5.10 Å². The van der Waals surface area contributed by atoms with Gasteiger partial charge in [-0.15, -0.1) is 0 Å². The van der Waals surface area contributed by atoms with E-state index >= 15 is 0 Å². The molecule has 3 rings (SSSR count). The molecule has 1 aromatic carbocycles. The van der Waals surface area contributed by atoms with E-state index in [0.717, 1.165) is 24.5 Å². The van der Waals surface area contributed by atoms with Crippen LogP contribution in [0.5, 0.6) is 0 Å². The number of halogens is 3. The number of benzene rings is 1. The molecule has 1 saturated carbocycles. The van der Waals surface area contributed by atoms with E-state index in [1.807, 2.05) is 5.10 Å². The Morgan fingerprint density at radius 2 is 2.00 bits per heavy atom. The molecule has 1 amide bonds. The van der Waals surface area contributed by atoms with E-state index < -0.39 is 11.9 Å². The number of nitrogens with zero attached hydrogens (tertiary/aromatic N) is 2. The van der Waals surface area contributed by atoms with Crippen molar-refractivity contribution in [3.63, 3.8) is 0 Å². The second-order valence-electron chi connectivity index (χ2n) is 5.69. The van der Waals surface area contributed by atoms with Crippen LogP contribution in [-0.2, 0) is 22.4 Å². The van der Waals surface area contributed by atoms with E-state index in [4.69, 9.17) is 4.84 Å². The topological polar surface area (TPSA) is 58.2 Å². The SMILES string of the molecule is CON(Cc1ccc(-c2cc(C(F)(F)F)[nH]n2)cc1)C(=O)C1CC1. The number of rotatable bonds is 5. The number of hydroxylamine groups is 2. The van der Waals surface area contributed by atoms with Crippen LogP contribution in [-0.4, -0.2) is 28.3 Å². The maximum Gasteiger partial charge on any atom is 0.432 e. The first kappa shape index (κ1) is 16.5. The summed E-state index contributed by atoms with van der Waals surface area (Å²) in [5.41, 5.74) is 0.706. The Bertz CT molecular complexity index is 721. The zero-order chi connectivity index (χ0) is 17.3. The minimum Gasteiger partial charge on any atom is -0.274 e. The van der Waals surface area contributed by atoms with Crippen LogP contribution < -0.4 is 0 Å². The van der Waals surface area contributed by atoms with E-state index in [-0.39, 0.29) is 17.5 Å².